The maximum atomic E-state index is 12.1. The van der Waals surface area contributed by atoms with Gasteiger partial charge in [-0.05, 0) is 41.1 Å². The molecule has 0 saturated carbocycles. The van der Waals surface area contributed by atoms with Crippen LogP contribution >= 0.6 is 0 Å². The van der Waals surface area contributed by atoms with Crippen LogP contribution in [0, 0.1) is 0 Å². The molecule has 0 N–H and O–H groups in total. The number of hydrogen-bond donors (Lipinski definition) is 0. The van der Waals surface area contributed by atoms with Crippen LogP contribution in [0.15, 0.2) is 70.1 Å². The summed E-state index contributed by atoms with van der Waals surface area (Å²) in [6.07, 6.45) is 4.02. The highest BCUT2D eigenvalue weighted by Gasteiger charge is 2.14. The van der Waals surface area contributed by atoms with Gasteiger partial charge in [-0.15, -0.1) is 5.10 Å². The number of carbonyl (C=O) groups is 1. The summed E-state index contributed by atoms with van der Waals surface area (Å²) in [6.45, 7) is -0.114. The number of rotatable bonds is 9. The SMILES string of the molecule is CS(=O)(=O)c1ccc(-n2nnnc2COC(=O)CCCc2ncc(-c3ccccc3)o2)cc1. The first-order valence-corrected chi connectivity index (χ1v) is 12.0. The quantitative estimate of drug-likeness (QED) is 0.341. The minimum atomic E-state index is -3.30. The fraction of sp³-hybridized carbons (Fsp3) is 0.227. The van der Waals surface area contributed by atoms with Gasteiger partial charge in [-0.3, -0.25) is 4.79 Å². The maximum Gasteiger partial charge on any atom is 0.306 e. The Kier molecular flexibility index (Phi) is 6.59. The van der Waals surface area contributed by atoms with Gasteiger partial charge in [0, 0.05) is 24.7 Å². The number of sulfone groups is 1. The first-order valence-electron chi connectivity index (χ1n) is 10.1. The van der Waals surface area contributed by atoms with E-state index in [4.69, 9.17) is 9.15 Å². The lowest BCUT2D eigenvalue weighted by Crippen LogP contribution is -2.10. The van der Waals surface area contributed by atoms with Gasteiger partial charge in [-0.2, -0.15) is 4.68 Å². The van der Waals surface area contributed by atoms with Crippen LogP contribution in [0.25, 0.3) is 17.0 Å². The van der Waals surface area contributed by atoms with E-state index in [9.17, 15) is 13.2 Å². The normalized spacial score (nSPS) is 11.4. The Hall–Kier alpha value is -3.86. The minimum Gasteiger partial charge on any atom is -0.457 e. The molecule has 0 amide bonds. The summed E-state index contributed by atoms with van der Waals surface area (Å²) < 4.78 is 35.6. The Morgan fingerprint density at radius 1 is 1.09 bits per heavy atom. The zero-order valence-electron chi connectivity index (χ0n) is 17.8. The average Bonchev–Trinajstić information content (AvgIpc) is 3.48. The molecule has 0 atom stereocenters. The monoisotopic (exact) mass is 467 g/mol. The van der Waals surface area contributed by atoms with Crippen molar-refractivity contribution in [1.29, 1.82) is 0 Å². The zero-order valence-corrected chi connectivity index (χ0v) is 18.6. The lowest BCUT2D eigenvalue weighted by Gasteiger charge is -2.06. The van der Waals surface area contributed by atoms with Crippen LogP contribution in [0.3, 0.4) is 0 Å². The largest absolute Gasteiger partial charge is 0.457 e. The Bertz CT molecular complexity index is 1330. The summed E-state index contributed by atoms with van der Waals surface area (Å²) in [5.41, 5.74) is 1.50. The molecule has 0 fully saturated rings. The Morgan fingerprint density at radius 3 is 2.58 bits per heavy atom. The number of oxazole rings is 1. The van der Waals surface area contributed by atoms with E-state index in [2.05, 4.69) is 20.5 Å². The highest BCUT2D eigenvalue weighted by molar-refractivity contribution is 7.90. The van der Waals surface area contributed by atoms with Crippen molar-refractivity contribution in [2.24, 2.45) is 0 Å². The fourth-order valence-corrected chi connectivity index (χ4v) is 3.72. The minimum absolute atomic E-state index is 0.114. The van der Waals surface area contributed by atoms with Crippen LogP contribution in [0.2, 0.25) is 0 Å². The van der Waals surface area contributed by atoms with E-state index in [-0.39, 0.29) is 17.9 Å². The zero-order chi connectivity index (χ0) is 23.3. The van der Waals surface area contributed by atoms with Crippen molar-refractivity contribution in [1.82, 2.24) is 25.2 Å². The highest BCUT2D eigenvalue weighted by Crippen LogP contribution is 2.20. The molecule has 0 aliphatic heterocycles. The maximum absolute atomic E-state index is 12.1. The van der Waals surface area contributed by atoms with Crippen molar-refractivity contribution < 1.29 is 22.4 Å². The third-order valence-corrected chi connectivity index (χ3v) is 5.92. The lowest BCUT2D eigenvalue weighted by atomic mass is 10.2. The van der Waals surface area contributed by atoms with Crippen LogP contribution < -0.4 is 0 Å². The van der Waals surface area contributed by atoms with E-state index >= 15 is 0 Å². The molecule has 2 aromatic heterocycles. The Morgan fingerprint density at radius 2 is 1.85 bits per heavy atom. The summed E-state index contributed by atoms with van der Waals surface area (Å²) in [6, 6.07) is 15.8. The van der Waals surface area contributed by atoms with Gasteiger partial charge in [0.15, 0.2) is 33.9 Å². The molecule has 4 rings (SSSR count). The van der Waals surface area contributed by atoms with E-state index in [1.54, 1.807) is 18.3 Å². The van der Waals surface area contributed by atoms with Crippen LogP contribution in [0.5, 0.6) is 0 Å². The second kappa shape index (κ2) is 9.74. The van der Waals surface area contributed by atoms with Crippen LogP contribution in [0.4, 0.5) is 0 Å². The summed E-state index contributed by atoms with van der Waals surface area (Å²) >= 11 is 0. The van der Waals surface area contributed by atoms with E-state index in [1.807, 2.05) is 30.3 Å². The number of aryl methyl sites for hydroxylation is 1. The summed E-state index contributed by atoms with van der Waals surface area (Å²) in [5.74, 6) is 1.16. The highest BCUT2D eigenvalue weighted by atomic mass is 32.2. The molecule has 0 aliphatic rings. The van der Waals surface area contributed by atoms with Crippen LogP contribution in [-0.2, 0) is 32.4 Å². The molecule has 33 heavy (non-hydrogen) atoms. The van der Waals surface area contributed by atoms with Crippen molar-refractivity contribution in [2.75, 3.05) is 6.26 Å². The number of benzene rings is 2. The number of aromatic nitrogens is 5. The van der Waals surface area contributed by atoms with E-state index in [0.29, 0.717) is 36.0 Å². The number of esters is 1. The standard InChI is InChI=1S/C22H21N5O5S/c1-33(29,30)18-12-10-17(11-13-18)27-20(24-25-26-27)15-31-22(28)9-5-8-21-23-14-19(32-21)16-6-3-2-4-7-16/h2-4,6-7,10-14H,5,8-9,15H2,1H3. The van der Waals surface area contributed by atoms with Gasteiger partial charge in [0.2, 0.25) is 0 Å². The Labute approximate surface area is 190 Å². The first-order chi connectivity index (χ1) is 15.9. The van der Waals surface area contributed by atoms with Crippen molar-refractivity contribution in [3.63, 3.8) is 0 Å². The number of nitrogens with zero attached hydrogens (tertiary/aromatic N) is 5. The summed E-state index contributed by atoms with van der Waals surface area (Å²) in [7, 11) is -3.30. The molecule has 170 valence electrons. The average molecular weight is 468 g/mol. The molecule has 2 heterocycles. The number of tetrazole rings is 1. The topological polar surface area (TPSA) is 130 Å². The lowest BCUT2D eigenvalue weighted by molar-refractivity contribution is -0.145. The number of hydrogen-bond acceptors (Lipinski definition) is 9. The van der Waals surface area contributed by atoms with E-state index in [1.165, 1.54) is 16.8 Å². The molecule has 0 saturated heterocycles. The smallest absolute Gasteiger partial charge is 0.306 e. The summed E-state index contributed by atoms with van der Waals surface area (Å²) in [5, 5.41) is 11.4. The predicted molar refractivity (Wildman–Crippen MR) is 117 cm³/mol. The van der Waals surface area contributed by atoms with Gasteiger partial charge in [0.1, 0.15) is 0 Å². The van der Waals surface area contributed by atoms with Gasteiger partial charge in [0.25, 0.3) is 0 Å². The van der Waals surface area contributed by atoms with Crippen molar-refractivity contribution in [3.8, 4) is 17.0 Å². The van der Waals surface area contributed by atoms with Crippen LogP contribution in [0.1, 0.15) is 24.6 Å². The second-order valence-electron chi connectivity index (χ2n) is 7.27. The van der Waals surface area contributed by atoms with E-state index in [0.717, 1.165) is 11.8 Å². The van der Waals surface area contributed by atoms with Gasteiger partial charge in [-0.25, -0.2) is 13.4 Å². The second-order valence-corrected chi connectivity index (χ2v) is 9.29. The molecule has 0 bridgehead atoms. The molecule has 4 aromatic rings. The Balaban J connectivity index is 1.27. The first kappa shape index (κ1) is 22.3. The third-order valence-electron chi connectivity index (χ3n) is 4.79. The molecule has 2 aromatic carbocycles. The molecule has 0 spiro atoms. The van der Waals surface area contributed by atoms with Gasteiger partial charge >= 0.3 is 5.97 Å². The van der Waals surface area contributed by atoms with E-state index < -0.39 is 15.8 Å². The molecular weight excluding hydrogens is 446 g/mol. The van der Waals surface area contributed by atoms with Gasteiger partial charge < -0.3 is 9.15 Å². The third kappa shape index (κ3) is 5.69. The van der Waals surface area contributed by atoms with Crippen LogP contribution in [-0.4, -0.2) is 45.8 Å². The van der Waals surface area contributed by atoms with Crippen molar-refractivity contribution >= 4 is 15.8 Å². The van der Waals surface area contributed by atoms with Gasteiger partial charge in [-0.1, -0.05) is 30.3 Å². The molecule has 0 radical (unpaired) electrons. The molecule has 0 unspecified atom stereocenters. The molecule has 10 nitrogen and oxygen atoms in total. The fourth-order valence-electron chi connectivity index (χ4n) is 3.09. The van der Waals surface area contributed by atoms with Crippen molar-refractivity contribution in [2.45, 2.75) is 30.8 Å². The summed E-state index contributed by atoms with van der Waals surface area (Å²) in [4.78, 5) is 16.6. The molecular formula is C22H21N5O5S. The van der Waals surface area contributed by atoms with Crippen molar-refractivity contribution in [3.05, 3.63) is 72.5 Å². The number of ether oxygens (including phenoxy) is 1. The predicted octanol–water partition coefficient (Wildman–Crippen LogP) is 2.79. The van der Waals surface area contributed by atoms with Gasteiger partial charge in [0.05, 0.1) is 16.8 Å². The molecule has 11 heteroatoms. The number of carbonyl (C=O) groups excluding carboxylic acids is 1. The molecule has 0 aliphatic carbocycles.